The molecule has 1 unspecified atom stereocenters. The molecule has 0 aliphatic rings. The number of nitrogens with zero attached hydrogens (tertiary/aromatic N) is 1. The third-order valence-corrected chi connectivity index (χ3v) is 4.31. The number of hydrogen-bond acceptors (Lipinski definition) is 3. The van der Waals surface area contributed by atoms with Crippen LogP contribution in [0, 0.1) is 0 Å². The number of ether oxygens (including phenoxy) is 1. The summed E-state index contributed by atoms with van der Waals surface area (Å²) >= 11 is 0. The predicted molar refractivity (Wildman–Crippen MR) is 57.8 cm³/mol. The van der Waals surface area contributed by atoms with E-state index in [0.29, 0.717) is 13.2 Å². The van der Waals surface area contributed by atoms with E-state index in [2.05, 4.69) is 0 Å². The van der Waals surface area contributed by atoms with Crippen molar-refractivity contribution in [3.05, 3.63) is 0 Å². The van der Waals surface area contributed by atoms with Crippen molar-refractivity contribution in [2.24, 2.45) is 0 Å². The van der Waals surface area contributed by atoms with Crippen LogP contribution < -0.4 is 0 Å². The van der Waals surface area contributed by atoms with E-state index in [0.717, 1.165) is 6.42 Å². The molecule has 1 atom stereocenters. The van der Waals surface area contributed by atoms with E-state index in [1.54, 1.807) is 14.0 Å². The molecule has 0 aromatic rings. The van der Waals surface area contributed by atoms with Gasteiger partial charge in [0.25, 0.3) is 0 Å². The van der Waals surface area contributed by atoms with Crippen LogP contribution in [0.3, 0.4) is 0 Å². The lowest BCUT2D eigenvalue weighted by atomic mass is 10.3. The van der Waals surface area contributed by atoms with Gasteiger partial charge in [0.2, 0.25) is 10.0 Å². The van der Waals surface area contributed by atoms with Gasteiger partial charge in [0.15, 0.2) is 0 Å². The molecule has 0 heterocycles. The molecule has 0 aliphatic carbocycles. The van der Waals surface area contributed by atoms with Gasteiger partial charge in [-0.05, 0) is 20.3 Å². The summed E-state index contributed by atoms with van der Waals surface area (Å²) in [7, 11) is -1.51. The summed E-state index contributed by atoms with van der Waals surface area (Å²) < 4.78 is 29.8. The molecule has 14 heavy (non-hydrogen) atoms. The number of methoxy groups -OCH3 is 1. The first kappa shape index (κ1) is 13.9. The van der Waals surface area contributed by atoms with Crippen molar-refractivity contribution in [2.45, 2.75) is 33.2 Å². The molecule has 0 saturated carbocycles. The van der Waals surface area contributed by atoms with Crippen LogP contribution in [0.1, 0.15) is 27.2 Å². The molecule has 0 aromatic carbocycles. The molecular formula is C9H21NO3S. The molecule has 0 radical (unpaired) electrons. The standard InChI is InChI=1S/C9H21NO3S/c1-5-9(3)10(7-8-13-4)14(11,12)6-2/h9H,5-8H2,1-4H3. The maximum Gasteiger partial charge on any atom is 0.214 e. The van der Waals surface area contributed by atoms with Gasteiger partial charge in [-0.15, -0.1) is 0 Å². The van der Waals surface area contributed by atoms with Crippen molar-refractivity contribution >= 4 is 10.0 Å². The minimum atomic E-state index is -3.09. The largest absolute Gasteiger partial charge is 0.383 e. The fraction of sp³-hybridized carbons (Fsp3) is 1.00. The van der Waals surface area contributed by atoms with Crippen molar-refractivity contribution < 1.29 is 13.2 Å². The summed E-state index contributed by atoms with van der Waals surface area (Å²) in [5, 5.41) is 0. The van der Waals surface area contributed by atoms with Gasteiger partial charge >= 0.3 is 0 Å². The first-order chi connectivity index (χ1) is 6.49. The highest BCUT2D eigenvalue weighted by Crippen LogP contribution is 2.10. The number of hydrogen-bond donors (Lipinski definition) is 0. The maximum atomic E-state index is 11.7. The van der Waals surface area contributed by atoms with Crippen LogP contribution in [0.2, 0.25) is 0 Å². The molecule has 0 amide bonds. The van der Waals surface area contributed by atoms with Crippen LogP contribution in [-0.4, -0.2) is 44.8 Å². The van der Waals surface area contributed by atoms with Crippen LogP contribution in [0.4, 0.5) is 0 Å². The van der Waals surface area contributed by atoms with Gasteiger partial charge in [0.1, 0.15) is 0 Å². The zero-order valence-corrected chi connectivity index (χ0v) is 10.3. The second-order valence-corrected chi connectivity index (χ2v) is 5.47. The van der Waals surface area contributed by atoms with Crippen molar-refractivity contribution in [2.75, 3.05) is 26.0 Å². The highest BCUT2D eigenvalue weighted by atomic mass is 32.2. The Labute approximate surface area is 87.3 Å². The monoisotopic (exact) mass is 223 g/mol. The highest BCUT2D eigenvalue weighted by molar-refractivity contribution is 7.89. The molecule has 0 aromatic heterocycles. The number of sulfonamides is 1. The Morgan fingerprint density at radius 1 is 1.36 bits per heavy atom. The molecule has 0 aliphatic heterocycles. The van der Waals surface area contributed by atoms with Crippen LogP contribution in [-0.2, 0) is 14.8 Å². The van der Waals surface area contributed by atoms with Crippen molar-refractivity contribution in [1.29, 1.82) is 0 Å². The molecule has 0 bridgehead atoms. The van der Waals surface area contributed by atoms with Crippen molar-refractivity contribution in [3.63, 3.8) is 0 Å². The molecule has 0 saturated heterocycles. The fourth-order valence-electron chi connectivity index (χ4n) is 1.18. The highest BCUT2D eigenvalue weighted by Gasteiger charge is 2.23. The van der Waals surface area contributed by atoms with Gasteiger partial charge in [0.05, 0.1) is 12.4 Å². The van der Waals surface area contributed by atoms with E-state index < -0.39 is 10.0 Å². The summed E-state index contributed by atoms with van der Waals surface area (Å²) in [5.74, 6) is 0.154. The molecule has 0 N–H and O–H groups in total. The summed E-state index contributed by atoms with van der Waals surface area (Å²) in [6.45, 7) is 6.46. The lowest BCUT2D eigenvalue weighted by Crippen LogP contribution is -2.41. The van der Waals surface area contributed by atoms with Gasteiger partial charge < -0.3 is 4.74 Å². The average Bonchev–Trinajstić information content (AvgIpc) is 2.17. The lowest BCUT2D eigenvalue weighted by Gasteiger charge is -2.26. The van der Waals surface area contributed by atoms with E-state index in [1.807, 2.05) is 13.8 Å². The second-order valence-electron chi connectivity index (χ2n) is 3.26. The minimum Gasteiger partial charge on any atom is -0.383 e. The van der Waals surface area contributed by atoms with Gasteiger partial charge in [-0.3, -0.25) is 0 Å². The Balaban J connectivity index is 4.55. The average molecular weight is 223 g/mol. The van der Waals surface area contributed by atoms with Crippen LogP contribution >= 0.6 is 0 Å². The fourth-order valence-corrected chi connectivity index (χ4v) is 2.57. The van der Waals surface area contributed by atoms with Crippen molar-refractivity contribution in [3.8, 4) is 0 Å². The first-order valence-electron chi connectivity index (χ1n) is 4.98. The lowest BCUT2D eigenvalue weighted by molar-refractivity contribution is 0.167. The zero-order valence-electron chi connectivity index (χ0n) is 9.49. The molecule has 0 spiro atoms. The van der Waals surface area contributed by atoms with Gasteiger partial charge in [-0.2, -0.15) is 4.31 Å². The van der Waals surface area contributed by atoms with E-state index in [-0.39, 0.29) is 11.8 Å². The van der Waals surface area contributed by atoms with Crippen LogP contribution in [0.25, 0.3) is 0 Å². The smallest absolute Gasteiger partial charge is 0.214 e. The maximum absolute atomic E-state index is 11.7. The quantitative estimate of drug-likeness (QED) is 0.649. The summed E-state index contributed by atoms with van der Waals surface area (Å²) in [5.41, 5.74) is 0. The Bertz CT molecular complexity index is 238. The summed E-state index contributed by atoms with van der Waals surface area (Å²) in [4.78, 5) is 0. The van der Waals surface area contributed by atoms with E-state index in [4.69, 9.17) is 4.74 Å². The van der Waals surface area contributed by atoms with Crippen molar-refractivity contribution in [1.82, 2.24) is 4.31 Å². The van der Waals surface area contributed by atoms with Crippen LogP contribution in [0.5, 0.6) is 0 Å². The second kappa shape index (κ2) is 6.37. The molecule has 4 nitrogen and oxygen atoms in total. The van der Waals surface area contributed by atoms with Gasteiger partial charge in [-0.1, -0.05) is 6.92 Å². The van der Waals surface area contributed by atoms with Gasteiger partial charge in [0, 0.05) is 19.7 Å². The number of rotatable bonds is 7. The molecule has 5 heteroatoms. The first-order valence-corrected chi connectivity index (χ1v) is 6.58. The minimum absolute atomic E-state index is 0.0510. The topological polar surface area (TPSA) is 46.6 Å². The Hall–Kier alpha value is -0.130. The van der Waals surface area contributed by atoms with Crippen LogP contribution in [0.15, 0.2) is 0 Å². The van der Waals surface area contributed by atoms with E-state index in [1.165, 1.54) is 4.31 Å². The molecule has 0 fully saturated rings. The Morgan fingerprint density at radius 3 is 2.29 bits per heavy atom. The summed E-state index contributed by atoms with van der Waals surface area (Å²) in [6.07, 6.45) is 0.822. The molecule has 0 rings (SSSR count). The Kier molecular flexibility index (Phi) is 6.31. The predicted octanol–water partition coefficient (Wildman–Crippen LogP) is 1.08. The zero-order chi connectivity index (χ0) is 11.2. The normalized spacial score (nSPS) is 14.6. The SMILES string of the molecule is CCC(C)N(CCOC)S(=O)(=O)CC. The van der Waals surface area contributed by atoms with E-state index in [9.17, 15) is 8.42 Å². The molecular weight excluding hydrogens is 202 g/mol. The van der Waals surface area contributed by atoms with E-state index >= 15 is 0 Å². The third kappa shape index (κ3) is 3.94. The Morgan fingerprint density at radius 2 is 1.93 bits per heavy atom. The van der Waals surface area contributed by atoms with Gasteiger partial charge in [-0.25, -0.2) is 8.42 Å². The summed E-state index contributed by atoms with van der Waals surface area (Å²) in [6, 6.07) is 0.0510. The third-order valence-electron chi connectivity index (χ3n) is 2.32. The molecule has 86 valence electrons.